The van der Waals surface area contributed by atoms with E-state index < -0.39 is 5.91 Å². The number of fused-ring (bicyclic) bond motifs is 2. The molecular formula is C17H11N3O4S. The van der Waals surface area contributed by atoms with E-state index in [4.69, 9.17) is 14.6 Å². The third kappa shape index (κ3) is 2.38. The Hall–Kier alpha value is -3.13. The van der Waals surface area contributed by atoms with Crippen molar-refractivity contribution in [3.63, 3.8) is 0 Å². The van der Waals surface area contributed by atoms with Crippen LogP contribution in [0.15, 0.2) is 55.8 Å². The molecule has 0 radical (unpaired) electrons. The maximum atomic E-state index is 12.7. The van der Waals surface area contributed by atoms with E-state index in [1.54, 1.807) is 29.8 Å². The second-order valence-electron chi connectivity index (χ2n) is 5.24. The molecule has 4 rings (SSSR count). The van der Waals surface area contributed by atoms with Gasteiger partial charge in [-0.25, -0.2) is 0 Å². The highest BCUT2D eigenvalue weighted by Gasteiger charge is 2.31. The molecule has 0 fully saturated rings. The highest BCUT2D eigenvalue weighted by Crippen LogP contribution is 2.28. The minimum absolute atomic E-state index is 0.0265. The molecule has 2 aliphatic heterocycles. The van der Waals surface area contributed by atoms with E-state index in [1.165, 1.54) is 36.1 Å². The smallest absolute Gasteiger partial charge is 0.283 e. The number of hydrogen-bond donors (Lipinski definition) is 1. The summed E-state index contributed by atoms with van der Waals surface area (Å²) in [6.45, 7) is 0. The molecule has 124 valence electrons. The maximum Gasteiger partial charge on any atom is 0.283 e. The van der Waals surface area contributed by atoms with Crippen molar-refractivity contribution in [3.8, 4) is 5.75 Å². The van der Waals surface area contributed by atoms with Gasteiger partial charge in [0.15, 0.2) is 21.9 Å². The molecule has 0 spiro atoms. The van der Waals surface area contributed by atoms with Crippen LogP contribution in [0.2, 0.25) is 0 Å². The number of methoxy groups -OCH3 is 1. The fraction of sp³-hybridized carbons (Fsp3) is 0.0588. The van der Waals surface area contributed by atoms with E-state index in [0.717, 1.165) is 0 Å². The first-order valence-electron chi connectivity index (χ1n) is 7.25. The van der Waals surface area contributed by atoms with Gasteiger partial charge in [0, 0.05) is 6.20 Å². The summed E-state index contributed by atoms with van der Waals surface area (Å²) in [4.78, 5) is 30.3. The highest BCUT2D eigenvalue weighted by molar-refractivity contribution is 8.16. The van der Waals surface area contributed by atoms with Crippen LogP contribution in [-0.2, 0) is 4.79 Å². The Kier molecular flexibility index (Phi) is 3.54. The van der Waals surface area contributed by atoms with Crippen molar-refractivity contribution >= 4 is 45.7 Å². The van der Waals surface area contributed by atoms with Crippen LogP contribution in [-0.4, -0.2) is 28.9 Å². The molecule has 2 aliphatic rings. The Morgan fingerprint density at radius 2 is 2.20 bits per heavy atom. The van der Waals surface area contributed by atoms with Crippen LogP contribution >= 0.6 is 11.8 Å². The predicted octanol–water partition coefficient (Wildman–Crippen LogP) is 2.58. The molecule has 1 N–H and O–H groups in total. The highest BCUT2D eigenvalue weighted by atomic mass is 32.2. The topological polar surface area (TPSA) is 96.0 Å². The van der Waals surface area contributed by atoms with Crippen LogP contribution in [0.5, 0.6) is 5.75 Å². The molecule has 0 atom stereocenters. The van der Waals surface area contributed by atoms with Gasteiger partial charge in [0.2, 0.25) is 0 Å². The molecule has 0 saturated heterocycles. The first-order chi connectivity index (χ1) is 12.1. The van der Waals surface area contributed by atoms with E-state index in [-0.39, 0.29) is 22.4 Å². The summed E-state index contributed by atoms with van der Waals surface area (Å²) in [5.74, 6) is -0.136. The minimum Gasteiger partial charge on any atom is -0.493 e. The third-order valence-electron chi connectivity index (χ3n) is 3.82. The van der Waals surface area contributed by atoms with E-state index in [9.17, 15) is 9.59 Å². The monoisotopic (exact) mass is 353 g/mol. The van der Waals surface area contributed by atoms with Gasteiger partial charge >= 0.3 is 0 Å². The minimum atomic E-state index is -0.558. The molecule has 0 saturated carbocycles. The lowest BCUT2D eigenvalue weighted by atomic mass is 10.1. The van der Waals surface area contributed by atoms with Crippen LogP contribution < -0.4 is 10.2 Å². The Labute approximate surface area is 145 Å². The number of benzene rings is 1. The summed E-state index contributed by atoms with van der Waals surface area (Å²) in [7, 11) is 1.49. The van der Waals surface area contributed by atoms with Crippen molar-refractivity contribution in [3.05, 3.63) is 57.4 Å². The molecule has 1 aromatic heterocycles. The normalized spacial score (nSPS) is 18.0. The molecule has 25 heavy (non-hydrogen) atoms. The van der Waals surface area contributed by atoms with Gasteiger partial charge in [0.05, 0.1) is 23.6 Å². The van der Waals surface area contributed by atoms with Crippen molar-refractivity contribution in [2.75, 3.05) is 7.11 Å². The number of amides is 1. The van der Waals surface area contributed by atoms with Gasteiger partial charge in [0.1, 0.15) is 12.1 Å². The number of aliphatic imine (C=N–C) groups is 1. The molecule has 8 heteroatoms. The Morgan fingerprint density at radius 1 is 1.36 bits per heavy atom. The van der Waals surface area contributed by atoms with Gasteiger partial charge in [-0.2, -0.15) is 4.99 Å². The van der Waals surface area contributed by atoms with E-state index >= 15 is 0 Å². The fourth-order valence-corrected chi connectivity index (χ4v) is 3.30. The van der Waals surface area contributed by atoms with Crippen molar-refractivity contribution in [2.45, 2.75) is 0 Å². The molecule has 0 unspecified atom stereocenters. The summed E-state index contributed by atoms with van der Waals surface area (Å²) in [6, 6.07) is 5.00. The number of nitrogens with one attached hydrogen (secondary N) is 1. The van der Waals surface area contributed by atoms with Crippen LogP contribution in [0.1, 0.15) is 5.56 Å². The van der Waals surface area contributed by atoms with Gasteiger partial charge in [0.25, 0.3) is 5.91 Å². The van der Waals surface area contributed by atoms with E-state index in [2.05, 4.69) is 4.99 Å². The number of carbonyl (C=O) groups is 1. The van der Waals surface area contributed by atoms with Crippen LogP contribution in [0.25, 0.3) is 17.0 Å². The lowest BCUT2D eigenvalue weighted by Gasteiger charge is -2.22. The zero-order valence-corrected chi connectivity index (χ0v) is 13.8. The summed E-state index contributed by atoms with van der Waals surface area (Å²) in [6.07, 6.45) is 4.25. The SMILES string of the molecule is COc1cccc2c(=O)c(C=C3C(=N)N4C=CSC4=NC3=O)coc12. The summed E-state index contributed by atoms with van der Waals surface area (Å²) in [5, 5.41) is 10.7. The number of amidine groups is 2. The molecule has 7 nitrogen and oxygen atoms in total. The lowest BCUT2D eigenvalue weighted by Crippen LogP contribution is -2.35. The first-order valence-corrected chi connectivity index (χ1v) is 8.13. The van der Waals surface area contributed by atoms with Crippen molar-refractivity contribution < 1.29 is 13.9 Å². The van der Waals surface area contributed by atoms with Crippen molar-refractivity contribution in [1.82, 2.24) is 4.90 Å². The number of rotatable bonds is 2. The molecule has 0 aliphatic carbocycles. The third-order valence-corrected chi connectivity index (χ3v) is 4.58. The summed E-state index contributed by atoms with van der Waals surface area (Å²) < 4.78 is 10.7. The first kappa shape index (κ1) is 15.4. The predicted molar refractivity (Wildman–Crippen MR) is 95.8 cm³/mol. The largest absolute Gasteiger partial charge is 0.493 e. The summed E-state index contributed by atoms with van der Waals surface area (Å²) >= 11 is 1.26. The standard InChI is InChI=1S/C17H11N3O4S/c1-23-12-4-2-3-10-13(21)9(8-24-14(10)12)7-11-15(18)20-5-6-25-17(20)19-16(11)22/h2-8,18H,1H3. The Balaban J connectivity index is 1.86. The molecule has 3 heterocycles. The molecule has 1 aromatic carbocycles. The van der Waals surface area contributed by atoms with Gasteiger partial charge in [-0.3, -0.25) is 19.9 Å². The molecule has 0 bridgehead atoms. The second kappa shape index (κ2) is 5.75. The number of para-hydroxylation sites is 1. The summed E-state index contributed by atoms with van der Waals surface area (Å²) in [5.41, 5.74) is 0.226. The Bertz CT molecular complexity index is 1080. The maximum absolute atomic E-state index is 12.7. The number of hydrogen-bond acceptors (Lipinski definition) is 6. The van der Waals surface area contributed by atoms with Crippen molar-refractivity contribution in [1.29, 1.82) is 5.41 Å². The molecule has 2 aromatic rings. The second-order valence-corrected chi connectivity index (χ2v) is 6.11. The average Bonchev–Trinajstić information content (AvgIpc) is 3.08. The van der Waals surface area contributed by atoms with Gasteiger partial charge in [-0.05, 0) is 23.6 Å². The number of nitrogens with zero attached hydrogens (tertiary/aromatic N) is 2. The lowest BCUT2D eigenvalue weighted by molar-refractivity contribution is -0.114. The van der Waals surface area contributed by atoms with Crippen LogP contribution in [0.3, 0.4) is 0 Å². The zero-order chi connectivity index (χ0) is 17.6. The molecular weight excluding hydrogens is 342 g/mol. The zero-order valence-electron chi connectivity index (χ0n) is 13.0. The van der Waals surface area contributed by atoms with Crippen LogP contribution in [0, 0.1) is 5.41 Å². The van der Waals surface area contributed by atoms with Gasteiger partial charge < -0.3 is 9.15 Å². The number of thioether (sulfide) groups is 1. The van der Waals surface area contributed by atoms with Crippen molar-refractivity contribution in [2.24, 2.45) is 4.99 Å². The van der Waals surface area contributed by atoms with Crippen LogP contribution in [0.4, 0.5) is 0 Å². The number of carbonyl (C=O) groups excluding carboxylic acids is 1. The van der Waals surface area contributed by atoms with E-state index in [1.807, 2.05) is 0 Å². The van der Waals surface area contributed by atoms with Gasteiger partial charge in [-0.15, -0.1) is 0 Å². The Morgan fingerprint density at radius 3 is 3.00 bits per heavy atom. The number of ether oxygens (including phenoxy) is 1. The van der Waals surface area contributed by atoms with Gasteiger partial charge in [-0.1, -0.05) is 17.8 Å². The fourth-order valence-electron chi connectivity index (χ4n) is 2.59. The average molecular weight is 353 g/mol. The van der Waals surface area contributed by atoms with E-state index in [0.29, 0.717) is 21.9 Å². The quantitative estimate of drug-likeness (QED) is 0.834. The molecule has 1 amide bonds.